The van der Waals surface area contributed by atoms with Crippen LogP contribution >= 0.6 is 15.9 Å². The van der Waals surface area contributed by atoms with Crippen molar-refractivity contribution in [2.75, 3.05) is 0 Å². The fraction of sp³-hybridized carbons (Fsp3) is 0.129. The number of carbonyl (C=O) groups excluding carboxylic acids is 1. The molecule has 0 amide bonds. The zero-order valence-electron chi connectivity index (χ0n) is 18.7. The van der Waals surface area contributed by atoms with Crippen molar-refractivity contribution in [2.45, 2.75) is 18.8 Å². The monoisotopic (exact) mass is 505 g/mol. The van der Waals surface area contributed by atoms with Gasteiger partial charge in [0.1, 0.15) is 0 Å². The Morgan fingerprint density at radius 3 is 2.68 bits per heavy atom. The second kappa shape index (κ2) is 8.73. The first-order valence-corrected chi connectivity index (χ1v) is 12.5. The number of benzene rings is 3. The number of hydrogen-bond acceptors (Lipinski definition) is 2. The number of carbonyl (C=O) groups is 1. The van der Waals surface area contributed by atoms with Crippen LogP contribution in [-0.2, 0) is 6.42 Å². The van der Waals surface area contributed by atoms with Crippen LogP contribution < -0.4 is 15.8 Å². The third kappa shape index (κ3) is 3.70. The number of rotatable bonds is 3. The third-order valence-electron chi connectivity index (χ3n) is 7.06. The molecule has 3 heteroatoms. The second-order valence-corrected chi connectivity index (χ2v) is 9.96. The number of nitrogens with one attached hydrogen (secondary N) is 1. The smallest absolute Gasteiger partial charge is 0.169 e. The average molecular weight is 506 g/mol. The molecule has 166 valence electrons. The predicted octanol–water partition coefficient (Wildman–Crippen LogP) is 5.78. The van der Waals surface area contributed by atoms with Crippen LogP contribution in [0.15, 0.2) is 101 Å². The summed E-state index contributed by atoms with van der Waals surface area (Å²) in [4.78, 5) is 13.6. The Balaban J connectivity index is 1.56. The average Bonchev–Trinajstić information content (AvgIpc) is 3.17. The fourth-order valence-corrected chi connectivity index (χ4v) is 5.78. The molecule has 3 aromatic carbocycles. The molecule has 0 spiro atoms. The molecule has 3 aromatic rings. The second-order valence-electron chi connectivity index (χ2n) is 9.04. The number of fused-ring (bicyclic) bond motifs is 5. The van der Waals surface area contributed by atoms with Crippen LogP contribution in [0, 0.1) is 5.92 Å². The standard InChI is InChI=1S/C31H24BrNO/c32-23-12-10-20-11-13-25-24(27(20)19-23)14-15-26-28(25)17-22(31(34)21-7-3-1-4-8-21)18-29(26)30-9-5-2-6-16-33-30/h1-10,12-17,19,22,29,33H,11,18H2. The van der Waals surface area contributed by atoms with Gasteiger partial charge < -0.3 is 5.32 Å². The normalized spacial score (nSPS) is 19.9. The molecule has 2 aliphatic carbocycles. The number of allylic oxidation sites excluding steroid dienone is 5. The van der Waals surface area contributed by atoms with E-state index in [0.29, 0.717) is 0 Å². The maximum atomic E-state index is 13.6. The number of halogens is 1. The minimum Gasteiger partial charge on any atom is -0.364 e. The van der Waals surface area contributed by atoms with Gasteiger partial charge >= 0.3 is 0 Å². The highest BCUT2D eigenvalue weighted by molar-refractivity contribution is 9.10. The summed E-state index contributed by atoms with van der Waals surface area (Å²) in [5, 5.41) is 5.92. The molecule has 1 N–H and O–H groups in total. The molecule has 2 unspecified atom stereocenters. The summed E-state index contributed by atoms with van der Waals surface area (Å²) in [6.45, 7) is 0. The zero-order chi connectivity index (χ0) is 23.1. The van der Waals surface area contributed by atoms with Crippen LogP contribution in [0.4, 0.5) is 0 Å². The summed E-state index contributed by atoms with van der Waals surface area (Å²) in [5.74, 6) is 0.128. The first-order chi connectivity index (χ1) is 16.7. The number of Topliss-reactive ketones (excluding diaryl/α,β-unsaturated/α-hetero) is 1. The van der Waals surface area contributed by atoms with E-state index in [0.717, 1.165) is 28.6 Å². The Hall–Kier alpha value is -3.43. The molecule has 0 fully saturated rings. The molecule has 1 heterocycles. The zero-order valence-corrected chi connectivity index (χ0v) is 20.3. The van der Waals surface area contributed by atoms with Crippen LogP contribution in [-0.4, -0.2) is 5.78 Å². The quantitative estimate of drug-likeness (QED) is 0.457. The largest absolute Gasteiger partial charge is 0.364 e. The summed E-state index contributed by atoms with van der Waals surface area (Å²) < 4.78 is 1.09. The van der Waals surface area contributed by atoms with Gasteiger partial charge in [-0.25, -0.2) is 0 Å². The van der Waals surface area contributed by atoms with Crippen molar-refractivity contribution in [3.05, 3.63) is 128 Å². The van der Waals surface area contributed by atoms with E-state index in [1.165, 1.54) is 32.7 Å². The number of ketones is 1. The van der Waals surface area contributed by atoms with Crippen LogP contribution in [0.2, 0.25) is 0 Å². The maximum absolute atomic E-state index is 13.6. The maximum Gasteiger partial charge on any atom is 0.169 e. The molecule has 0 radical (unpaired) electrons. The van der Waals surface area contributed by atoms with Crippen molar-refractivity contribution in [1.82, 2.24) is 5.32 Å². The van der Waals surface area contributed by atoms with Crippen LogP contribution in [0.25, 0.3) is 23.3 Å². The molecular formula is C31H24BrNO. The van der Waals surface area contributed by atoms with Gasteiger partial charge in [0.25, 0.3) is 0 Å². The van der Waals surface area contributed by atoms with Gasteiger partial charge in [-0.15, -0.1) is 0 Å². The summed E-state index contributed by atoms with van der Waals surface area (Å²) in [7, 11) is 0. The molecule has 0 saturated heterocycles. The van der Waals surface area contributed by atoms with Crippen molar-refractivity contribution < 1.29 is 4.79 Å². The summed E-state index contributed by atoms with van der Waals surface area (Å²) in [5.41, 5.74) is 7.04. The molecule has 3 aliphatic rings. The van der Waals surface area contributed by atoms with Gasteiger partial charge in [-0.3, -0.25) is 4.79 Å². The SMILES string of the molecule is O=C(c1ccccc1)C1C=c2c(ccc3c2=CCc2ccc(Br)cc2-3)C(C2=CC=CC=CN2)C1. The van der Waals surface area contributed by atoms with E-state index < -0.39 is 0 Å². The van der Waals surface area contributed by atoms with Crippen molar-refractivity contribution in [3.8, 4) is 11.1 Å². The molecule has 0 aromatic heterocycles. The molecular weight excluding hydrogens is 482 g/mol. The van der Waals surface area contributed by atoms with E-state index >= 15 is 0 Å². The Morgan fingerprint density at radius 1 is 0.912 bits per heavy atom. The van der Waals surface area contributed by atoms with Gasteiger partial charge in [0.05, 0.1) is 0 Å². The first kappa shape index (κ1) is 21.1. The molecule has 0 saturated carbocycles. The van der Waals surface area contributed by atoms with Gasteiger partial charge in [0.15, 0.2) is 5.78 Å². The molecule has 2 nitrogen and oxygen atoms in total. The van der Waals surface area contributed by atoms with E-state index in [2.05, 4.69) is 75.9 Å². The molecule has 2 atom stereocenters. The van der Waals surface area contributed by atoms with Gasteiger partial charge in [-0.1, -0.05) is 88.8 Å². The van der Waals surface area contributed by atoms with Gasteiger partial charge in [0, 0.05) is 33.8 Å². The van der Waals surface area contributed by atoms with Crippen molar-refractivity contribution >= 4 is 33.9 Å². The highest BCUT2D eigenvalue weighted by Gasteiger charge is 2.31. The van der Waals surface area contributed by atoms with E-state index in [9.17, 15) is 4.79 Å². The van der Waals surface area contributed by atoms with Crippen LogP contribution in [0.3, 0.4) is 0 Å². The van der Waals surface area contributed by atoms with E-state index in [1.807, 2.05) is 48.7 Å². The van der Waals surface area contributed by atoms with Crippen molar-refractivity contribution in [1.29, 1.82) is 0 Å². The van der Waals surface area contributed by atoms with Crippen LogP contribution in [0.5, 0.6) is 0 Å². The van der Waals surface area contributed by atoms with Gasteiger partial charge in [-0.2, -0.15) is 0 Å². The minimum atomic E-state index is -0.178. The summed E-state index contributed by atoms with van der Waals surface area (Å²) in [6.07, 6.45) is 16.4. The van der Waals surface area contributed by atoms with E-state index in [4.69, 9.17) is 0 Å². The van der Waals surface area contributed by atoms with E-state index in [-0.39, 0.29) is 17.6 Å². The van der Waals surface area contributed by atoms with Gasteiger partial charge in [-0.05, 0) is 69.8 Å². The lowest BCUT2D eigenvalue weighted by Gasteiger charge is -2.30. The highest BCUT2D eigenvalue weighted by Crippen LogP contribution is 2.35. The Morgan fingerprint density at radius 2 is 1.79 bits per heavy atom. The molecule has 34 heavy (non-hydrogen) atoms. The molecule has 6 rings (SSSR count). The van der Waals surface area contributed by atoms with Crippen molar-refractivity contribution in [2.24, 2.45) is 5.92 Å². The lowest BCUT2D eigenvalue weighted by Crippen LogP contribution is -2.39. The third-order valence-corrected chi connectivity index (χ3v) is 7.55. The predicted molar refractivity (Wildman–Crippen MR) is 143 cm³/mol. The Bertz CT molecular complexity index is 1510. The topological polar surface area (TPSA) is 29.1 Å². The summed E-state index contributed by atoms with van der Waals surface area (Å²) in [6, 6.07) is 20.7. The van der Waals surface area contributed by atoms with E-state index in [1.54, 1.807) is 0 Å². The Kier molecular flexibility index (Phi) is 5.43. The fourth-order valence-electron chi connectivity index (χ4n) is 5.42. The molecule has 1 aliphatic heterocycles. The lowest BCUT2D eigenvalue weighted by molar-refractivity contribution is 0.0944. The van der Waals surface area contributed by atoms with Gasteiger partial charge in [0.2, 0.25) is 0 Å². The Labute approximate surface area is 207 Å². The van der Waals surface area contributed by atoms with Crippen LogP contribution in [0.1, 0.15) is 33.8 Å². The summed E-state index contributed by atoms with van der Waals surface area (Å²) >= 11 is 3.65. The van der Waals surface area contributed by atoms with Crippen molar-refractivity contribution in [3.63, 3.8) is 0 Å². The molecule has 0 bridgehead atoms. The lowest BCUT2D eigenvalue weighted by atomic mass is 9.75. The highest BCUT2D eigenvalue weighted by atomic mass is 79.9. The first-order valence-electron chi connectivity index (χ1n) is 11.7. The minimum absolute atomic E-state index is 0.118. The number of hydrogen-bond donors (Lipinski definition) is 1.